The van der Waals surface area contributed by atoms with E-state index >= 15 is 0 Å². The molecule has 7 unspecified atom stereocenters. The fraction of sp³-hybridized carbons (Fsp3) is 1.00. The van der Waals surface area contributed by atoms with Gasteiger partial charge in [-0.15, -0.1) is 0 Å². The lowest BCUT2D eigenvalue weighted by atomic mass is 9.62. The first kappa shape index (κ1) is 18.6. The van der Waals surface area contributed by atoms with Crippen molar-refractivity contribution in [3.8, 4) is 0 Å². The van der Waals surface area contributed by atoms with Crippen LogP contribution in [0.25, 0.3) is 0 Å². The Bertz CT molecular complexity index is 639. The van der Waals surface area contributed by atoms with Crippen molar-refractivity contribution >= 4 is 0 Å². The molecule has 1 N–H and O–H groups in total. The molecule has 9 aliphatic heterocycles. The maximum Gasteiger partial charge on any atom is 0.124 e. The van der Waals surface area contributed by atoms with Gasteiger partial charge in [0.1, 0.15) is 18.2 Å². The van der Waals surface area contributed by atoms with Crippen LogP contribution in [0.2, 0.25) is 0 Å². The molecule has 9 saturated heterocycles. The number of hydrogen-bond donors (Lipinski definition) is 1. The zero-order valence-electron chi connectivity index (χ0n) is 18.5. The fourth-order valence-electron chi connectivity index (χ4n) is 9.21. The van der Waals surface area contributed by atoms with E-state index in [0.717, 1.165) is 23.8 Å². The van der Waals surface area contributed by atoms with Gasteiger partial charge in [-0.3, -0.25) is 4.90 Å². The number of hydrogen-bond acceptors (Lipinski definition) is 2. The molecule has 0 aromatic rings. The molecule has 28 heavy (non-hydrogen) atoms. The molecule has 5 heteroatoms. The van der Waals surface area contributed by atoms with Crippen LogP contribution in [0.5, 0.6) is 0 Å². The quantitative estimate of drug-likeness (QED) is 0.691. The van der Waals surface area contributed by atoms with Crippen molar-refractivity contribution in [2.45, 2.75) is 37.5 Å². The van der Waals surface area contributed by atoms with Crippen LogP contribution in [0, 0.1) is 23.7 Å². The van der Waals surface area contributed by atoms with Crippen LogP contribution >= 0.6 is 0 Å². The molecule has 0 radical (unpaired) electrons. The van der Waals surface area contributed by atoms with Crippen molar-refractivity contribution in [2.75, 3.05) is 86.6 Å². The second-order valence-corrected chi connectivity index (χ2v) is 12.5. The van der Waals surface area contributed by atoms with E-state index in [1.807, 2.05) is 0 Å². The third kappa shape index (κ3) is 2.49. The Balaban J connectivity index is 1.29. The van der Waals surface area contributed by atoms with Gasteiger partial charge in [-0.2, -0.15) is 0 Å². The Kier molecular flexibility index (Phi) is 3.94. The second-order valence-electron chi connectivity index (χ2n) is 12.5. The lowest BCUT2D eigenvalue weighted by Crippen LogP contribution is -2.80. The number of fused-ring (bicyclic) bond motifs is 11. The Morgan fingerprint density at radius 1 is 0.750 bits per heavy atom. The summed E-state index contributed by atoms with van der Waals surface area (Å²) in [4.78, 5) is 2.72. The van der Waals surface area contributed by atoms with Crippen LogP contribution in [0.3, 0.4) is 0 Å². The van der Waals surface area contributed by atoms with Crippen molar-refractivity contribution in [3.63, 3.8) is 0 Å². The van der Waals surface area contributed by atoms with Gasteiger partial charge in [0.2, 0.25) is 0 Å². The van der Waals surface area contributed by atoms with Crippen molar-refractivity contribution in [2.24, 2.45) is 23.7 Å². The van der Waals surface area contributed by atoms with Crippen LogP contribution in [-0.4, -0.2) is 128 Å². The molecule has 0 saturated carbocycles. The van der Waals surface area contributed by atoms with Gasteiger partial charge in [-0.1, -0.05) is 0 Å². The predicted octanol–water partition coefficient (Wildman–Crippen LogP) is 0.443. The van der Waals surface area contributed by atoms with Crippen molar-refractivity contribution < 1.29 is 18.6 Å². The van der Waals surface area contributed by atoms with E-state index < -0.39 is 0 Å². The molecular weight excluding hydrogens is 348 g/mol. The molecule has 0 amide bonds. The van der Waals surface area contributed by atoms with Gasteiger partial charge in [0, 0.05) is 38.3 Å². The van der Waals surface area contributed by atoms with E-state index in [2.05, 4.69) is 26.0 Å². The fourth-order valence-corrected chi connectivity index (χ4v) is 9.21. The molecule has 0 aromatic carbocycles. The van der Waals surface area contributed by atoms with Gasteiger partial charge in [0.25, 0.3) is 0 Å². The minimum absolute atomic E-state index is 0.0575. The van der Waals surface area contributed by atoms with E-state index in [-0.39, 0.29) is 6.10 Å². The maximum atomic E-state index is 11.8. The number of aliphatic hydroxyl groups excluding tert-OH is 1. The van der Waals surface area contributed by atoms with Crippen LogP contribution in [0.4, 0.5) is 0 Å². The number of rotatable bonds is 2. The Morgan fingerprint density at radius 2 is 1.46 bits per heavy atom. The Labute approximate surface area is 171 Å². The summed E-state index contributed by atoms with van der Waals surface area (Å²) in [7, 11) is 7.55. The summed E-state index contributed by atoms with van der Waals surface area (Å²) in [6.07, 6.45) is 4.02. The van der Waals surface area contributed by atoms with Gasteiger partial charge in [-0.25, -0.2) is 0 Å². The molecule has 0 aromatic heterocycles. The van der Waals surface area contributed by atoms with Crippen LogP contribution < -0.4 is 0 Å². The van der Waals surface area contributed by atoms with Crippen LogP contribution in [-0.2, 0) is 0 Å². The van der Waals surface area contributed by atoms with Gasteiger partial charge in [-0.05, 0) is 5.92 Å². The predicted molar refractivity (Wildman–Crippen MR) is 110 cm³/mol. The number of quaternary nitrogens is 3. The first-order valence-electron chi connectivity index (χ1n) is 12.2. The third-order valence-electron chi connectivity index (χ3n) is 11.0. The van der Waals surface area contributed by atoms with Crippen molar-refractivity contribution in [3.05, 3.63) is 0 Å². The molecule has 9 heterocycles. The van der Waals surface area contributed by atoms with Gasteiger partial charge < -0.3 is 18.6 Å². The molecular formula is C23H43N4O+3. The first-order valence-corrected chi connectivity index (χ1v) is 12.2. The maximum absolute atomic E-state index is 11.8. The highest BCUT2D eigenvalue weighted by Crippen LogP contribution is 2.51. The molecule has 5 nitrogen and oxygen atoms in total. The second kappa shape index (κ2) is 5.94. The molecule has 7 atom stereocenters. The summed E-state index contributed by atoms with van der Waals surface area (Å²) in [5.41, 5.74) is 0. The van der Waals surface area contributed by atoms with Crippen molar-refractivity contribution in [1.29, 1.82) is 0 Å². The lowest BCUT2D eigenvalue weighted by Gasteiger charge is -2.65. The van der Waals surface area contributed by atoms with Gasteiger partial charge in [0.15, 0.2) is 0 Å². The van der Waals surface area contributed by atoms with Crippen LogP contribution in [0.1, 0.15) is 19.3 Å². The van der Waals surface area contributed by atoms with E-state index in [1.165, 1.54) is 98.2 Å². The van der Waals surface area contributed by atoms with Crippen molar-refractivity contribution in [1.82, 2.24) is 4.90 Å². The molecule has 0 aliphatic carbocycles. The molecule has 9 aliphatic rings. The number of piperazine rings is 3. The van der Waals surface area contributed by atoms with E-state index in [9.17, 15) is 5.11 Å². The summed E-state index contributed by atoms with van der Waals surface area (Å²) in [5, 5.41) is 11.8. The third-order valence-corrected chi connectivity index (χ3v) is 11.0. The van der Waals surface area contributed by atoms with Gasteiger partial charge >= 0.3 is 0 Å². The largest absolute Gasteiger partial charge is 0.387 e. The SMILES string of the molecule is C[N+]12CCC(CC1)C(C1C(O)C3CC[N+]1(C)CC3C1CN3CC[N+]1(C)CC3)C2. The van der Waals surface area contributed by atoms with Crippen LogP contribution in [0.15, 0.2) is 0 Å². The molecule has 0 spiro atoms. The summed E-state index contributed by atoms with van der Waals surface area (Å²) >= 11 is 0. The average molecular weight is 392 g/mol. The monoisotopic (exact) mass is 391 g/mol. The normalized spacial score (nSPS) is 63.0. The lowest BCUT2D eigenvalue weighted by molar-refractivity contribution is -0.991. The highest BCUT2D eigenvalue weighted by molar-refractivity contribution is 5.00. The number of likely N-dealkylation sites (N-methyl/N-ethyl adjacent to an activating group) is 2. The summed E-state index contributed by atoms with van der Waals surface area (Å²) in [6, 6.07) is 1.27. The molecule has 9 fully saturated rings. The summed E-state index contributed by atoms with van der Waals surface area (Å²) in [5.74, 6) is 2.93. The van der Waals surface area contributed by atoms with Gasteiger partial charge in [0.05, 0.1) is 85.3 Å². The zero-order chi connectivity index (χ0) is 19.3. The molecule has 9 rings (SSSR count). The highest BCUT2D eigenvalue weighted by atomic mass is 16.3. The first-order chi connectivity index (χ1) is 13.3. The number of piperidine rings is 6. The average Bonchev–Trinajstić information content (AvgIpc) is 2.68. The van der Waals surface area contributed by atoms with E-state index in [1.54, 1.807) is 0 Å². The summed E-state index contributed by atoms with van der Waals surface area (Å²) in [6.45, 7) is 13.3. The summed E-state index contributed by atoms with van der Waals surface area (Å²) < 4.78 is 3.75. The zero-order valence-corrected chi connectivity index (χ0v) is 18.5. The molecule has 158 valence electrons. The van der Waals surface area contributed by atoms with E-state index in [0.29, 0.717) is 12.0 Å². The minimum Gasteiger partial charge on any atom is -0.387 e. The number of aliphatic hydroxyl groups is 1. The topological polar surface area (TPSA) is 23.5 Å². The number of nitrogens with zero attached hydrogens (tertiary/aromatic N) is 4. The van der Waals surface area contributed by atoms with E-state index in [4.69, 9.17) is 0 Å². The minimum atomic E-state index is -0.0575. The standard InChI is InChI=1S/C23H43N4O/c1-25-9-4-17(5-10-25)19(15-25)22-23(28)18-6-11-27(22,3)16-20(18)21-14-24-7-12-26(21,2)13-8-24/h17-23,28H,4-16H2,1-3H3/q+3. The smallest absolute Gasteiger partial charge is 0.124 e. The Hall–Kier alpha value is -0.200. The molecule has 6 bridgehead atoms. The Morgan fingerprint density at radius 3 is 2.07 bits per heavy atom. The highest BCUT2D eigenvalue weighted by Gasteiger charge is 2.65.